The van der Waals surface area contributed by atoms with E-state index < -0.39 is 0 Å². The van der Waals surface area contributed by atoms with Crippen molar-refractivity contribution < 1.29 is 0 Å². The van der Waals surface area contributed by atoms with Crippen LogP contribution in [0.1, 0.15) is 33.1 Å². The third-order valence-corrected chi connectivity index (χ3v) is 4.02. The molecule has 1 fully saturated rings. The van der Waals surface area contributed by atoms with Crippen molar-refractivity contribution in [2.75, 3.05) is 11.5 Å². The lowest BCUT2D eigenvalue weighted by Gasteiger charge is -2.18. The Hall–Kier alpha value is 0.310. The van der Waals surface area contributed by atoms with Crippen molar-refractivity contribution in [3.63, 3.8) is 0 Å². The monoisotopic (exact) mass is 187 g/mol. The fraction of sp³-hybridized carbons (Fsp3) is 1.00. The van der Waals surface area contributed by atoms with Gasteiger partial charge in [-0.15, -0.1) is 0 Å². The highest BCUT2D eigenvalue weighted by molar-refractivity contribution is 7.99. The minimum absolute atomic E-state index is 0.481. The number of thioether (sulfide) groups is 1. The Balaban J connectivity index is 2.20. The standard InChI is InChI=1S/C10H21NS/c1-3-4-8(2)5-9-6-12-7-10(9)11/h8-10H,3-7,11H2,1-2H3. The molecule has 1 aliphatic heterocycles. The second-order valence-electron chi connectivity index (χ2n) is 4.09. The van der Waals surface area contributed by atoms with E-state index in [0.717, 1.165) is 11.8 Å². The third kappa shape index (κ3) is 2.98. The van der Waals surface area contributed by atoms with E-state index in [4.69, 9.17) is 5.73 Å². The SMILES string of the molecule is CCCC(C)CC1CSCC1N. The molecule has 0 aromatic rings. The molecule has 1 saturated heterocycles. The normalized spacial score (nSPS) is 32.2. The molecule has 0 radical (unpaired) electrons. The number of hydrogen-bond acceptors (Lipinski definition) is 2. The molecule has 0 aromatic heterocycles. The van der Waals surface area contributed by atoms with E-state index in [0.29, 0.717) is 6.04 Å². The number of rotatable bonds is 4. The van der Waals surface area contributed by atoms with Crippen LogP contribution in [0, 0.1) is 11.8 Å². The number of nitrogens with two attached hydrogens (primary N) is 1. The maximum Gasteiger partial charge on any atom is 0.0166 e. The molecule has 3 unspecified atom stereocenters. The highest BCUT2D eigenvalue weighted by Crippen LogP contribution is 2.29. The van der Waals surface area contributed by atoms with Gasteiger partial charge in [0.15, 0.2) is 0 Å². The van der Waals surface area contributed by atoms with Gasteiger partial charge in [-0.1, -0.05) is 26.7 Å². The van der Waals surface area contributed by atoms with Crippen LogP contribution in [-0.2, 0) is 0 Å². The van der Waals surface area contributed by atoms with Gasteiger partial charge in [0, 0.05) is 11.8 Å². The summed E-state index contributed by atoms with van der Waals surface area (Å²) < 4.78 is 0. The Morgan fingerprint density at radius 1 is 1.50 bits per heavy atom. The van der Waals surface area contributed by atoms with Gasteiger partial charge >= 0.3 is 0 Å². The van der Waals surface area contributed by atoms with Crippen molar-refractivity contribution in [1.82, 2.24) is 0 Å². The van der Waals surface area contributed by atoms with E-state index in [1.807, 2.05) is 11.8 Å². The van der Waals surface area contributed by atoms with Gasteiger partial charge in [-0.3, -0.25) is 0 Å². The van der Waals surface area contributed by atoms with Crippen molar-refractivity contribution in [3.8, 4) is 0 Å². The molecule has 12 heavy (non-hydrogen) atoms. The lowest BCUT2D eigenvalue weighted by molar-refractivity contribution is 0.371. The van der Waals surface area contributed by atoms with Gasteiger partial charge in [0.05, 0.1) is 0 Å². The molecule has 0 saturated carbocycles. The van der Waals surface area contributed by atoms with E-state index in [1.54, 1.807) is 0 Å². The Morgan fingerprint density at radius 3 is 2.75 bits per heavy atom. The molecule has 0 bridgehead atoms. The second kappa shape index (κ2) is 5.13. The van der Waals surface area contributed by atoms with Gasteiger partial charge < -0.3 is 5.73 Å². The summed E-state index contributed by atoms with van der Waals surface area (Å²) in [5.74, 6) is 4.17. The van der Waals surface area contributed by atoms with Crippen LogP contribution in [0.4, 0.5) is 0 Å². The molecule has 2 heteroatoms. The summed E-state index contributed by atoms with van der Waals surface area (Å²) in [5.41, 5.74) is 6.00. The Bertz CT molecular complexity index is 127. The van der Waals surface area contributed by atoms with E-state index in [-0.39, 0.29) is 0 Å². The molecule has 1 aliphatic rings. The van der Waals surface area contributed by atoms with Crippen LogP contribution < -0.4 is 5.73 Å². The van der Waals surface area contributed by atoms with Crippen molar-refractivity contribution in [1.29, 1.82) is 0 Å². The molecule has 3 atom stereocenters. The molecule has 0 amide bonds. The Morgan fingerprint density at radius 2 is 2.25 bits per heavy atom. The average molecular weight is 187 g/mol. The van der Waals surface area contributed by atoms with Crippen LogP contribution in [0.15, 0.2) is 0 Å². The summed E-state index contributed by atoms with van der Waals surface area (Å²) in [4.78, 5) is 0. The second-order valence-corrected chi connectivity index (χ2v) is 5.17. The predicted octanol–water partition coefficient (Wildman–Crippen LogP) is 2.50. The molecule has 0 aromatic carbocycles. The van der Waals surface area contributed by atoms with Gasteiger partial charge in [-0.05, 0) is 24.0 Å². The first-order valence-electron chi connectivity index (χ1n) is 5.07. The lowest BCUT2D eigenvalue weighted by Crippen LogP contribution is -2.29. The molecule has 1 heterocycles. The fourth-order valence-corrected chi connectivity index (χ4v) is 3.35. The van der Waals surface area contributed by atoms with Gasteiger partial charge in [-0.25, -0.2) is 0 Å². The summed E-state index contributed by atoms with van der Waals surface area (Å²) in [6.07, 6.45) is 4.03. The minimum atomic E-state index is 0.481. The smallest absolute Gasteiger partial charge is 0.0166 e. The zero-order valence-corrected chi connectivity index (χ0v) is 9.07. The molecule has 1 nitrogen and oxygen atoms in total. The molecule has 0 spiro atoms. The molecule has 1 rings (SSSR count). The lowest BCUT2D eigenvalue weighted by atomic mass is 9.90. The van der Waals surface area contributed by atoms with Crippen LogP contribution in [0.25, 0.3) is 0 Å². The van der Waals surface area contributed by atoms with Crippen molar-refractivity contribution in [3.05, 3.63) is 0 Å². The molecule has 2 N–H and O–H groups in total. The van der Waals surface area contributed by atoms with E-state index in [2.05, 4.69) is 13.8 Å². The summed E-state index contributed by atoms with van der Waals surface area (Å²) in [7, 11) is 0. The first-order valence-corrected chi connectivity index (χ1v) is 6.22. The molecular formula is C10H21NS. The highest BCUT2D eigenvalue weighted by atomic mass is 32.2. The topological polar surface area (TPSA) is 26.0 Å². The quantitative estimate of drug-likeness (QED) is 0.732. The van der Waals surface area contributed by atoms with E-state index in [9.17, 15) is 0 Å². The summed E-state index contributed by atoms with van der Waals surface area (Å²) in [6, 6.07) is 0.481. The predicted molar refractivity (Wildman–Crippen MR) is 57.5 cm³/mol. The highest BCUT2D eigenvalue weighted by Gasteiger charge is 2.25. The summed E-state index contributed by atoms with van der Waals surface area (Å²) in [5, 5.41) is 0. The maximum atomic E-state index is 6.00. The van der Waals surface area contributed by atoms with Gasteiger partial charge in [-0.2, -0.15) is 11.8 Å². The van der Waals surface area contributed by atoms with Gasteiger partial charge in [0.25, 0.3) is 0 Å². The van der Waals surface area contributed by atoms with E-state index in [1.165, 1.54) is 30.8 Å². The van der Waals surface area contributed by atoms with Crippen molar-refractivity contribution in [2.45, 2.75) is 39.2 Å². The Kier molecular flexibility index (Phi) is 4.44. The van der Waals surface area contributed by atoms with Crippen LogP contribution in [0.5, 0.6) is 0 Å². The Labute approximate surface area is 80.5 Å². The summed E-state index contributed by atoms with van der Waals surface area (Å²) >= 11 is 2.03. The van der Waals surface area contributed by atoms with E-state index >= 15 is 0 Å². The molecule has 0 aliphatic carbocycles. The van der Waals surface area contributed by atoms with Crippen molar-refractivity contribution >= 4 is 11.8 Å². The minimum Gasteiger partial charge on any atom is -0.327 e. The number of hydrogen-bond donors (Lipinski definition) is 1. The van der Waals surface area contributed by atoms with Crippen LogP contribution in [0.3, 0.4) is 0 Å². The first-order chi connectivity index (χ1) is 5.74. The average Bonchev–Trinajstić information content (AvgIpc) is 2.37. The zero-order valence-electron chi connectivity index (χ0n) is 8.25. The molecular weight excluding hydrogens is 166 g/mol. The van der Waals surface area contributed by atoms with Crippen LogP contribution >= 0.6 is 11.8 Å². The van der Waals surface area contributed by atoms with Crippen LogP contribution in [0.2, 0.25) is 0 Å². The molecule has 72 valence electrons. The summed E-state index contributed by atoms with van der Waals surface area (Å²) in [6.45, 7) is 4.62. The first kappa shape index (κ1) is 10.4. The largest absolute Gasteiger partial charge is 0.327 e. The third-order valence-electron chi connectivity index (χ3n) is 2.73. The fourth-order valence-electron chi connectivity index (χ4n) is 1.99. The van der Waals surface area contributed by atoms with Gasteiger partial charge in [0.1, 0.15) is 0 Å². The maximum absolute atomic E-state index is 6.00. The van der Waals surface area contributed by atoms with Crippen molar-refractivity contribution in [2.24, 2.45) is 17.6 Å². The van der Waals surface area contributed by atoms with Crippen LogP contribution in [-0.4, -0.2) is 17.5 Å². The zero-order chi connectivity index (χ0) is 8.97. The van der Waals surface area contributed by atoms with Gasteiger partial charge in [0.2, 0.25) is 0 Å².